The lowest BCUT2D eigenvalue weighted by Gasteiger charge is -2.24. The summed E-state index contributed by atoms with van der Waals surface area (Å²) in [6.07, 6.45) is 2.69. The molecule has 1 atom stereocenters. The molecule has 2 aliphatic rings. The van der Waals surface area contributed by atoms with E-state index in [1.54, 1.807) is 25.2 Å². The summed E-state index contributed by atoms with van der Waals surface area (Å²) in [4.78, 5) is 0.371. The number of likely N-dealkylation sites (N-methyl/N-ethyl adjacent to an activating group) is 1. The van der Waals surface area contributed by atoms with Gasteiger partial charge in [-0.05, 0) is 49.6 Å². The van der Waals surface area contributed by atoms with E-state index in [2.05, 4.69) is 5.32 Å². The number of aryl methyl sites for hydroxylation is 1. The fourth-order valence-electron chi connectivity index (χ4n) is 2.81. The zero-order chi connectivity index (χ0) is 14.2. The molecule has 0 radical (unpaired) electrons. The number of hydrogen-bond donors (Lipinski definition) is 1. The van der Waals surface area contributed by atoms with Gasteiger partial charge in [0.05, 0.1) is 11.5 Å². The number of nitrogens with zero attached hydrogens (tertiary/aromatic N) is 1. The Labute approximate surface area is 132 Å². The predicted octanol–water partition coefficient (Wildman–Crippen LogP) is 1.42. The van der Waals surface area contributed by atoms with E-state index in [9.17, 15) is 8.42 Å². The molecule has 3 rings (SSSR count). The summed E-state index contributed by atoms with van der Waals surface area (Å²) in [6.45, 7) is 2.32. The van der Waals surface area contributed by atoms with Gasteiger partial charge in [0, 0.05) is 19.6 Å². The summed E-state index contributed by atoms with van der Waals surface area (Å²) in [5.41, 5.74) is 0.996. The van der Waals surface area contributed by atoms with E-state index in [1.807, 2.05) is 0 Å². The minimum Gasteiger partial charge on any atom is -0.493 e. The highest BCUT2D eigenvalue weighted by Gasteiger charge is 2.30. The van der Waals surface area contributed by atoms with Crippen LogP contribution < -0.4 is 10.1 Å². The van der Waals surface area contributed by atoms with Gasteiger partial charge in [-0.15, -0.1) is 12.4 Å². The van der Waals surface area contributed by atoms with E-state index in [-0.39, 0.29) is 18.4 Å². The van der Waals surface area contributed by atoms with E-state index in [0.29, 0.717) is 11.5 Å². The Hall–Kier alpha value is -0.820. The molecule has 5 nitrogen and oxygen atoms in total. The summed E-state index contributed by atoms with van der Waals surface area (Å²) in [5, 5.41) is 3.20. The van der Waals surface area contributed by atoms with Gasteiger partial charge in [0.25, 0.3) is 0 Å². The molecule has 1 aromatic carbocycles. The van der Waals surface area contributed by atoms with Crippen molar-refractivity contribution in [2.24, 2.45) is 0 Å². The van der Waals surface area contributed by atoms with Crippen LogP contribution in [0.4, 0.5) is 0 Å². The van der Waals surface area contributed by atoms with Crippen LogP contribution in [-0.4, -0.2) is 45.5 Å². The van der Waals surface area contributed by atoms with Gasteiger partial charge in [-0.2, -0.15) is 4.31 Å². The summed E-state index contributed by atoms with van der Waals surface area (Å²) in [6, 6.07) is 5.25. The van der Waals surface area contributed by atoms with Crippen molar-refractivity contribution in [2.75, 3.05) is 26.7 Å². The van der Waals surface area contributed by atoms with Crippen LogP contribution >= 0.6 is 12.4 Å². The lowest BCUT2D eigenvalue weighted by Crippen LogP contribution is -2.38. The highest BCUT2D eigenvalue weighted by atomic mass is 35.5. The standard InChI is InChI=1S/C14H20N2O3S.ClH/c1-16(12-6-7-15-10-12)20(17,18)13-4-5-14-11(9-13)3-2-8-19-14;/h4-5,9,12,15H,2-3,6-8,10H2,1H3;1H. The van der Waals surface area contributed by atoms with Crippen LogP contribution in [0.3, 0.4) is 0 Å². The Balaban J connectivity index is 0.00000161. The van der Waals surface area contributed by atoms with Crippen molar-refractivity contribution in [3.8, 4) is 5.75 Å². The van der Waals surface area contributed by atoms with Gasteiger partial charge in [-0.1, -0.05) is 0 Å². The van der Waals surface area contributed by atoms with Crippen LogP contribution in [0.2, 0.25) is 0 Å². The van der Waals surface area contributed by atoms with E-state index >= 15 is 0 Å². The molecule has 1 saturated heterocycles. The van der Waals surface area contributed by atoms with Gasteiger partial charge in [0.1, 0.15) is 5.75 Å². The molecule has 1 aromatic rings. The molecule has 0 aliphatic carbocycles. The second-order valence-electron chi connectivity index (χ2n) is 5.39. The van der Waals surface area contributed by atoms with Crippen LogP contribution in [0.5, 0.6) is 5.75 Å². The first kappa shape index (κ1) is 16.5. The van der Waals surface area contributed by atoms with Gasteiger partial charge >= 0.3 is 0 Å². The van der Waals surface area contributed by atoms with E-state index in [4.69, 9.17) is 4.74 Å². The van der Waals surface area contributed by atoms with Gasteiger partial charge in [-0.25, -0.2) is 8.42 Å². The second-order valence-corrected chi connectivity index (χ2v) is 7.39. The summed E-state index contributed by atoms with van der Waals surface area (Å²) >= 11 is 0. The summed E-state index contributed by atoms with van der Waals surface area (Å²) < 4.78 is 32.4. The number of hydrogen-bond acceptors (Lipinski definition) is 4. The number of nitrogens with one attached hydrogen (secondary N) is 1. The Bertz CT molecular complexity index is 600. The van der Waals surface area contributed by atoms with Crippen molar-refractivity contribution >= 4 is 22.4 Å². The Morgan fingerprint density at radius 2 is 2.19 bits per heavy atom. The lowest BCUT2D eigenvalue weighted by atomic mass is 10.1. The number of rotatable bonds is 3. The Kier molecular flexibility index (Phi) is 5.14. The van der Waals surface area contributed by atoms with E-state index < -0.39 is 10.0 Å². The molecular formula is C14H21ClN2O3S. The van der Waals surface area contributed by atoms with E-state index in [1.165, 1.54) is 4.31 Å². The fourth-order valence-corrected chi connectivity index (χ4v) is 4.25. The molecule has 2 heterocycles. The minimum atomic E-state index is -3.42. The molecular weight excluding hydrogens is 312 g/mol. The SMILES string of the molecule is CN(C1CCNC1)S(=O)(=O)c1ccc2c(c1)CCCO2.Cl. The maximum absolute atomic E-state index is 12.7. The van der Waals surface area contributed by atoms with Gasteiger partial charge in [-0.3, -0.25) is 0 Å². The Morgan fingerprint density at radius 3 is 2.90 bits per heavy atom. The molecule has 118 valence electrons. The van der Waals surface area contributed by atoms with Crippen molar-refractivity contribution in [3.05, 3.63) is 23.8 Å². The van der Waals surface area contributed by atoms with Crippen molar-refractivity contribution in [2.45, 2.75) is 30.2 Å². The number of fused-ring (bicyclic) bond motifs is 1. The maximum Gasteiger partial charge on any atom is 0.243 e. The summed E-state index contributed by atoms with van der Waals surface area (Å²) in [5.74, 6) is 0.820. The molecule has 1 unspecified atom stereocenters. The monoisotopic (exact) mass is 332 g/mol. The highest BCUT2D eigenvalue weighted by molar-refractivity contribution is 7.89. The van der Waals surface area contributed by atoms with Crippen molar-refractivity contribution in [1.29, 1.82) is 0 Å². The lowest BCUT2D eigenvalue weighted by molar-refractivity contribution is 0.288. The van der Waals surface area contributed by atoms with Crippen LogP contribution in [0, 0.1) is 0 Å². The largest absolute Gasteiger partial charge is 0.493 e. The number of ether oxygens (including phenoxy) is 1. The van der Waals surface area contributed by atoms with E-state index in [0.717, 1.165) is 43.7 Å². The first-order valence-electron chi connectivity index (χ1n) is 7.03. The third-order valence-corrected chi connectivity index (χ3v) is 6.01. The predicted molar refractivity (Wildman–Crippen MR) is 83.7 cm³/mol. The molecule has 7 heteroatoms. The van der Waals surface area contributed by atoms with Crippen molar-refractivity contribution < 1.29 is 13.2 Å². The molecule has 2 aliphatic heterocycles. The summed E-state index contributed by atoms with van der Waals surface area (Å²) in [7, 11) is -1.75. The molecule has 1 N–H and O–H groups in total. The van der Waals surface area contributed by atoms with Crippen molar-refractivity contribution in [1.82, 2.24) is 9.62 Å². The first-order valence-corrected chi connectivity index (χ1v) is 8.47. The van der Waals surface area contributed by atoms with Crippen LogP contribution in [0.15, 0.2) is 23.1 Å². The highest BCUT2D eigenvalue weighted by Crippen LogP contribution is 2.29. The first-order chi connectivity index (χ1) is 9.59. The van der Waals surface area contributed by atoms with Crippen LogP contribution in [0.25, 0.3) is 0 Å². The number of halogens is 1. The topological polar surface area (TPSA) is 58.6 Å². The van der Waals surface area contributed by atoms with Crippen LogP contribution in [0.1, 0.15) is 18.4 Å². The minimum absolute atomic E-state index is 0. The average Bonchev–Trinajstić information content (AvgIpc) is 3.00. The molecule has 0 spiro atoms. The maximum atomic E-state index is 12.7. The second kappa shape index (κ2) is 6.52. The third-order valence-electron chi connectivity index (χ3n) is 4.11. The number of sulfonamides is 1. The zero-order valence-corrected chi connectivity index (χ0v) is 13.7. The van der Waals surface area contributed by atoms with Gasteiger partial charge in [0.2, 0.25) is 10.0 Å². The molecule has 0 amide bonds. The molecule has 1 fully saturated rings. The Morgan fingerprint density at radius 1 is 1.38 bits per heavy atom. The molecule has 0 saturated carbocycles. The van der Waals surface area contributed by atoms with Gasteiger partial charge in [0.15, 0.2) is 0 Å². The molecule has 0 bridgehead atoms. The average molecular weight is 333 g/mol. The zero-order valence-electron chi connectivity index (χ0n) is 12.0. The van der Waals surface area contributed by atoms with Crippen LogP contribution in [-0.2, 0) is 16.4 Å². The number of benzene rings is 1. The molecule has 0 aromatic heterocycles. The quantitative estimate of drug-likeness (QED) is 0.909. The van der Waals surface area contributed by atoms with Crippen molar-refractivity contribution in [3.63, 3.8) is 0 Å². The third kappa shape index (κ3) is 3.18. The molecule has 21 heavy (non-hydrogen) atoms. The normalized spacial score (nSPS) is 21.5. The smallest absolute Gasteiger partial charge is 0.243 e. The van der Waals surface area contributed by atoms with Gasteiger partial charge < -0.3 is 10.1 Å². The fraction of sp³-hybridized carbons (Fsp3) is 0.571.